The molecule has 18 heavy (non-hydrogen) atoms. The lowest BCUT2D eigenvalue weighted by molar-refractivity contribution is 0.328. The van der Waals surface area contributed by atoms with E-state index in [1.54, 1.807) is 0 Å². The molecule has 0 aliphatic carbocycles. The van der Waals surface area contributed by atoms with Crippen LogP contribution in [0.3, 0.4) is 0 Å². The topological polar surface area (TPSA) is 18.5 Å². The Labute approximate surface area is 111 Å². The quantitative estimate of drug-likeness (QED) is 0.877. The number of nitrogens with one attached hydrogen (secondary N) is 1. The molecule has 2 rings (SSSR count). The van der Waals surface area contributed by atoms with Gasteiger partial charge in [0.05, 0.1) is 6.04 Å². The van der Waals surface area contributed by atoms with Crippen LogP contribution >= 0.6 is 0 Å². The molecule has 1 aliphatic rings. The van der Waals surface area contributed by atoms with Gasteiger partial charge in [0.25, 0.3) is 0 Å². The van der Waals surface area contributed by atoms with Crippen LogP contribution in [0.2, 0.25) is 0 Å². The second-order valence-corrected chi connectivity index (χ2v) is 5.36. The van der Waals surface area contributed by atoms with Gasteiger partial charge >= 0.3 is 0 Å². The Hall–Kier alpha value is -1.06. The summed E-state index contributed by atoms with van der Waals surface area (Å²) in [6, 6.07) is 9.43. The molecule has 0 amide bonds. The van der Waals surface area contributed by atoms with Crippen LogP contribution in [0, 0.1) is 6.92 Å². The fourth-order valence-electron chi connectivity index (χ4n) is 2.80. The lowest BCUT2D eigenvalue weighted by Gasteiger charge is -2.33. The molecule has 3 nitrogen and oxygen atoms in total. The van der Waals surface area contributed by atoms with Crippen LogP contribution in [0.25, 0.3) is 0 Å². The summed E-state index contributed by atoms with van der Waals surface area (Å²) in [5.74, 6) is 0. The maximum Gasteiger partial charge on any atom is 0.0541 e. The van der Waals surface area contributed by atoms with Crippen molar-refractivity contribution < 1.29 is 0 Å². The molecule has 1 aromatic carbocycles. The second kappa shape index (κ2) is 6.21. The van der Waals surface area contributed by atoms with E-state index < -0.39 is 0 Å². The van der Waals surface area contributed by atoms with Crippen molar-refractivity contribution in [3.63, 3.8) is 0 Å². The molecule has 1 fully saturated rings. The van der Waals surface area contributed by atoms with Crippen LogP contribution in [0.5, 0.6) is 0 Å². The molecule has 1 aliphatic heterocycles. The number of likely N-dealkylation sites (N-methyl/N-ethyl adjacent to an activating group) is 2. The third kappa shape index (κ3) is 3.24. The van der Waals surface area contributed by atoms with E-state index in [1.807, 2.05) is 7.05 Å². The predicted octanol–water partition coefficient (Wildman–Crippen LogP) is 1.72. The Kier molecular flexibility index (Phi) is 4.61. The summed E-state index contributed by atoms with van der Waals surface area (Å²) >= 11 is 0. The maximum atomic E-state index is 3.33. The van der Waals surface area contributed by atoms with Gasteiger partial charge < -0.3 is 15.1 Å². The Morgan fingerprint density at radius 1 is 1.33 bits per heavy atom. The van der Waals surface area contributed by atoms with Crippen LogP contribution < -0.4 is 10.2 Å². The summed E-state index contributed by atoms with van der Waals surface area (Å²) < 4.78 is 0. The van der Waals surface area contributed by atoms with Gasteiger partial charge in [-0.25, -0.2) is 0 Å². The lowest BCUT2D eigenvalue weighted by Crippen LogP contribution is -2.46. The zero-order chi connectivity index (χ0) is 13.0. The minimum atomic E-state index is 0.560. The average Bonchev–Trinajstić information content (AvgIpc) is 2.51. The van der Waals surface area contributed by atoms with Crippen molar-refractivity contribution in [1.82, 2.24) is 10.2 Å². The minimum absolute atomic E-state index is 0.560. The van der Waals surface area contributed by atoms with Crippen LogP contribution in [0.15, 0.2) is 24.3 Å². The van der Waals surface area contributed by atoms with E-state index in [0.29, 0.717) is 6.04 Å². The average molecular weight is 247 g/mol. The van der Waals surface area contributed by atoms with Crippen molar-refractivity contribution in [2.45, 2.75) is 19.4 Å². The van der Waals surface area contributed by atoms with Crippen molar-refractivity contribution in [3.8, 4) is 0 Å². The van der Waals surface area contributed by atoms with Crippen LogP contribution in [-0.4, -0.2) is 51.2 Å². The molecule has 0 bridgehead atoms. The SMILES string of the molecule is CNCC1CN(C)CCCN1c1cccc(C)c1. The zero-order valence-corrected chi connectivity index (χ0v) is 11.8. The number of anilines is 1. The Balaban J connectivity index is 2.21. The molecule has 0 saturated carbocycles. The Bertz CT molecular complexity index is 378. The molecule has 0 aromatic heterocycles. The van der Waals surface area contributed by atoms with Gasteiger partial charge in [-0.15, -0.1) is 0 Å². The van der Waals surface area contributed by atoms with E-state index in [4.69, 9.17) is 0 Å². The van der Waals surface area contributed by atoms with Crippen molar-refractivity contribution >= 4 is 5.69 Å². The highest BCUT2D eigenvalue weighted by Gasteiger charge is 2.22. The molecule has 1 heterocycles. The zero-order valence-electron chi connectivity index (χ0n) is 11.8. The van der Waals surface area contributed by atoms with E-state index in [9.17, 15) is 0 Å². The van der Waals surface area contributed by atoms with Crippen LogP contribution in [0.1, 0.15) is 12.0 Å². The standard InChI is InChI=1S/C15H25N3/c1-13-6-4-7-14(10-13)18-9-5-8-17(3)12-15(18)11-16-2/h4,6-7,10,15-16H,5,8-9,11-12H2,1-3H3. The van der Waals surface area contributed by atoms with E-state index in [1.165, 1.54) is 24.2 Å². The van der Waals surface area contributed by atoms with Crippen LogP contribution in [-0.2, 0) is 0 Å². The highest BCUT2D eigenvalue weighted by molar-refractivity contribution is 5.49. The number of benzene rings is 1. The molecule has 1 aromatic rings. The van der Waals surface area contributed by atoms with E-state index in [2.05, 4.69) is 53.4 Å². The third-order valence-corrected chi connectivity index (χ3v) is 3.68. The second-order valence-electron chi connectivity index (χ2n) is 5.36. The summed E-state index contributed by atoms with van der Waals surface area (Å²) in [6.45, 7) is 6.69. The molecule has 3 heteroatoms. The first kappa shape index (κ1) is 13.4. The lowest BCUT2D eigenvalue weighted by atomic mass is 10.1. The number of hydrogen-bond donors (Lipinski definition) is 1. The third-order valence-electron chi connectivity index (χ3n) is 3.68. The van der Waals surface area contributed by atoms with Crippen molar-refractivity contribution in [2.24, 2.45) is 0 Å². The first-order valence-electron chi connectivity index (χ1n) is 6.87. The summed E-state index contributed by atoms with van der Waals surface area (Å²) in [7, 11) is 4.27. The van der Waals surface area contributed by atoms with Gasteiger partial charge in [0.15, 0.2) is 0 Å². The highest BCUT2D eigenvalue weighted by atomic mass is 15.2. The van der Waals surface area contributed by atoms with Gasteiger partial charge in [0.1, 0.15) is 0 Å². The summed E-state index contributed by atoms with van der Waals surface area (Å²) in [4.78, 5) is 5.00. The van der Waals surface area contributed by atoms with Crippen molar-refractivity contribution in [1.29, 1.82) is 0 Å². The van der Waals surface area contributed by atoms with Crippen LogP contribution in [0.4, 0.5) is 5.69 Å². The molecular formula is C15H25N3. The number of rotatable bonds is 3. The molecule has 100 valence electrons. The molecule has 0 radical (unpaired) electrons. The number of nitrogens with zero attached hydrogens (tertiary/aromatic N) is 2. The largest absolute Gasteiger partial charge is 0.366 e. The minimum Gasteiger partial charge on any atom is -0.366 e. The van der Waals surface area contributed by atoms with E-state index in [0.717, 1.165) is 19.6 Å². The first-order chi connectivity index (χ1) is 8.70. The van der Waals surface area contributed by atoms with Crippen molar-refractivity contribution in [2.75, 3.05) is 45.2 Å². The number of aryl methyl sites for hydroxylation is 1. The van der Waals surface area contributed by atoms with E-state index >= 15 is 0 Å². The highest BCUT2D eigenvalue weighted by Crippen LogP contribution is 2.21. The van der Waals surface area contributed by atoms with E-state index in [-0.39, 0.29) is 0 Å². The predicted molar refractivity (Wildman–Crippen MR) is 78.4 cm³/mol. The van der Waals surface area contributed by atoms with Gasteiger partial charge in [-0.3, -0.25) is 0 Å². The van der Waals surface area contributed by atoms with Gasteiger partial charge in [0.2, 0.25) is 0 Å². The molecular weight excluding hydrogens is 222 g/mol. The van der Waals surface area contributed by atoms with Gasteiger partial charge in [0, 0.05) is 25.3 Å². The number of hydrogen-bond acceptors (Lipinski definition) is 3. The fourth-order valence-corrected chi connectivity index (χ4v) is 2.80. The smallest absolute Gasteiger partial charge is 0.0541 e. The Morgan fingerprint density at radius 2 is 2.17 bits per heavy atom. The molecule has 0 spiro atoms. The molecule has 1 unspecified atom stereocenters. The monoisotopic (exact) mass is 247 g/mol. The normalized spacial score (nSPS) is 21.9. The van der Waals surface area contributed by atoms with Crippen molar-refractivity contribution in [3.05, 3.63) is 29.8 Å². The molecule has 1 atom stereocenters. The molecule has 1 saturated heterocycles. The fraction of sp³-hybridized carbons (Fsp3) is 0.600. The summed E-state index contributed by atoms with van der Waals surface area (Å²) in [6.07, 6.45) is 1.24. The van der Waals surface area contributed by atoms with Gasteiger partial charge in [-0.05, 0) is 51.7 Å². The summed E-state index contributed by atoms with van der Waals surface area (Å²) in [5, 5.41) is 3.33. The van der Waals surface area contributed by atoms with Gasteiger partial charge in [-0.2, -0.15) is 0 Å². The Morgan fingerprint density at radius 3 is 2.89 bits per heavy atom. The molecule has 1 N–H and O–H groups in total. The first-order valence-corrected chi connectivity index (χ1v) is 6.87. The maximum absolute atomic E-state index is 3.33. The summed E-state index contributed by atoms with van der Waals surface area (Å²) in [5.41, 5.74) is 2.71. The van der Waals surface area contributed by atoms with Gasteiger partial charge in [-0.1, -0.05) is 12.1 Å².